The van der Waals surface area contributed by atoms with E-state index in [0.717, 1.165) is 68.2 Å². The van der Waals surface area contributed by atoms with Crippen LogP contribution in [-0.2, 0) is 6.42 Å². The van der Waals surface area contributed by atoms with Crippen LogP contribution in [0.5, 0.6) is 0 Å². The minimum absolute atomic E-state index is 0.774. The van der Waals surface area contributed by atoms with Crippen LogP contribution in [0.1, 0.15) is 18.3 Å². The lowest BCUT2D eigenvalue weighted by Gasteiger charge is -2.34. The highest BCUT2D eigenvalue weighted by Gasteiger charge is 2.17. The lowest BCUT2D eigenvalue weighted by atomic mass is 10.1. The fraction of sp³-hybridized carbons (Fsp3) is 0.474. The summed E-state index contributed by atoms with van der Waals surface area (Å²) in [4.78, 5) is 14.0. The number of nitrogens with one attached hydrogen (secondary N) is 1. The monoisotopic (exact) mass is 359 g/mol. The summed E-state index contributed by atoms with van der Waals surface area (Å²) < 4.78 is 0. The normalized spacial score (nSPS) is 15.4. The van der Waals surface area contributed by atoms with Crippen LogP contribution in [-0.4, -0.2) is 54.1 Å². The van der Waals surface area contributed by atoms with Crippen molar-refractivity contribution in [1.29, 1.82) is 0 Å². The maximum absolute atomic E-state index is 5.93. The molecule has 0 bridgehead atoms. The highest BCUT2D eigenvalue weighted by atomic mass is 35.5. The fourth-order valence-electron chi connectivity index (χ4n) is 3.08. The Morgan fingerprint density at radius 3 is 2.48 bits per heavy atom. The minimum Gasteiger partial charge on any atom is -0.370 e. The number of rotatable bonds is 6. The first kappa shape index (κ1) is 18.0. The Labute approximate surface area is 155 Å². The number of piperazine rings is 1. The Hall–Kier alpha value is -1.85. The maximum atomic E-state index is 5.93. The van der Waals surface area contributed by atoms with Gasteiger partial charge in [-0.3, -0.25) is 0 Å². The van der Waals surface area contributed by atoms with E-state index in [1.165, 1.54) is 5.56 Å². The van der Waals surface area contributed by atoms with Gasteiger partial charge in [0.2, 0.25) is 0 Å². The average molecular weight is 360 g/mol. The van der Waals surface area contributed by atoms with E-state index in [-0.39, 0.29) is 0 Å². The van der Waals surface area contributed by atoms with Crippen LogP contribution in [0.2, 0.25) is 5.02 Å². The van der Waals surface area contributed by atoms with E-state index in [1.807, 2.05) is 19.1 Å². The molecule has 1 N–H and O–H groups in total. The lowest BCUT2D eigenvalue weighted by Crippen LogP contribution is -2.46. The molecular formula is C19H26ClN5. The number of aromatic nitrogens is 2. The number of hydrogen-bond acceptors (Lipinski definition) is 5. The van der Waals surface area contributed by atoms with Gasteiger partial charge in [-0.15, -0.1) is 0 Å². The first-order chi connectivity index (χ1) is 12.1. The Balaban J connectivity index is 1.58. The second-order valence-corrected chi connectivity index (χ2v) is 6.82. The molecule has 0 unspecified atom stereocenters. The van der Waals surface area contributed by atoms with Crippen LogP contribution in [0.15, 0.2) is 30.3 Å². The van der Waals surface area contributed by atoms with Crippen molar-refractivity contribution in [3.8, 4) is 0 Å². The minimum atomic E-state index is 0.774. The van der Waals surface area contributed by atoms with Crippen LogP contribution in [0.3, 0.4) is 0 Å². The molecule has 1 aliphatic rings. The molecule has 1 aliphatic heterocycles. The van der Waals surface area contributed by atoms with Crippen molar-refractivity contribution in [3.63, 3.8) is 0 Å². The number of aryl methyl sites for hydroxylation is 1. The maximum Gasteiger partial charge on any atom is 0.134 e. The summed E-state index contributed by atoms with van der Waals surface area (Å²) in [6, 6.07) is 10.1. The molecule has 0 amide bonds. The van der Waals surface area contributed by atoms with E-state index in [9.17, 15) is 0 Å². The van der Waals surface area contributed by atoms with E-state index in [1.54, 1.807) is 0 Å². The number of benzene rings is 1. The highest BCUT2D eigenvalue weighted by Crippen LogP contribution is 2.18. The van der Waals surface area contributed by atoms with Crippen molar-refractivity contribution in [2.75, 3.05) is 49.5 Å². The molecule has 2 aromatic rings. The zero-order chi connectivity index (χ0) is 17.6. The molecule has 3 rings (SSSR count). The summed E-state index contributed by atoms with van der Waals surface area (Å²) in [5, 5.41) is 4.20. The molecule has 0 spiro atoms. The predicted molar refractivity (Wildman–Crippen MR) is 105 cm³/mol. The number of anilines is 2. The van der Waals surface area contributed by atoms with Gasteiger partial charge < -0.3 is 15.1 Å². The van der Waals surface area contributed by atoms with Crippen LogP contribution in [0, 0.1) is 6.92 Å². The van der Waals surface area contributed by atoms with Gasteiger partial charge in [0, 0.05) is 43.8 Å². The van der Waals surface area contributed by atoms with Crippen molar-refractivity contribution in [2.24, 2.45) is 0 Å². The number of nitrogens with zero attached hydrogens (tertiary/aromatic N) is 4. The first-order valence-electron chi connectivity index (χ1n) is 8.95. The first-order valence-corrected chi connectivity index (χ1v) is 9.33. The van der Waals surface area contributed by atoms with E-state index < -0.39 is 0 Å². The van der Waals surface area contributed by atoms with Crippen LogP contribution in [0.4, 0.5) is 11.6 Å². The molecule has 6 heteroatoms. The van der Waals surface area contributed by atoms with Gasteiger partial charge in [-0.1, -0.05) is 30.7 Å². The summed E-state index contributed by atoms with van der Waals surface area (Å²) in [7, 11) is 0. The molecule has 0 aliphatic carbocycles. The number of likely N-dealkylation sites (N-methyl/N-ethyl adjacent to an activating group) is 1. The predicted octanol–water partition coefficient (Wildman–Crippen LogP) is 3.23. The Kier molecular flexibility index (Phi) is 6.10. The Morgan fingerprint density at radius 2 is 1.80 bits per heavy atom. The van der Waals surface area contributed by atoms with E-state index in [2.05, 4.69) is 50.2 Å². The third-order valence-electron chi connectivity index (χ3n) is 4.60. The molecule has 0 atom stereocenters. The number of halogens is 1. The second kappa shape index (κ2) is 8.50. The van der Waals surface area contributed by atoms with Crippen molar-refractivity contribution >= 4 is 23.2 Å². The van der Waals surface area contributed by atoms with Crippen molar-refractivity contribution in [2.45, 2.75) is 20.3 Å². The molecule has 5 nitrogen and oxygen atoms in total. The molecule has 134 valence electrons. The fourth-order valence-corrected chi connectivity index (χ4v) is 3.21. The molecular weight excluding hydrogens is 334 g/mol. The van der Waals surface area contributed by atoms with Gasteiger partial charge >= 0.3 is 0 Å². The zero-order valence-electron chi connectivity index (χ0n) is 15.0. The topological polar surface area (TPSA) is 44.3 Å². The summed E-state index contributed by atoms with van der Waals surface area (Å²) in [5.74, 6) is 2.73. The van der Waals surface area contributed by atoms with Crippen molar-refractivity contribution in [3.05, 3.63) is 46.7 Å². The van der Waals surface area contributed by atoms with Crippen molar-refractivity contribution < 1.29 is 0 Å². The number of hydrogen-bond donors (Lipinski definition) is 1. The standard InChI is InChI=1S/C19H26ClN5/c1-3-24-10-12-25(13-11-24)19-14-18(22-15(2)23-19)21-9-8-16-4-6-17(20)7-5-16/h4-7,14H,3,8-13H2,1-2H3,(H,21,22,23). The van der Waals surface area contributed by atoms with E-state index in [0.29, 0.717) is 0 Å². The quantitative estimate of drug-likeness (QED) is 0.857. The van der Waals surface area contributed by atoms with Crippen LogP contribution in [0.25, 0.3) is 0 Å². The molecule has 1 saturated heterocycles. The molecule has 25 heavy (non-hydrogen) atoms. The summed E-state index contributed by atoms with van der Waals surface area (Å²) in [6.07, 6.45) is 0.935. The Morgan fingerprint density at radius 1 is 1.08 bits per heavy atom. The third kappa shape index (κ3) is 5.06. The van der Waals surface area contributed by atoms with Gasteiger partial charge in [0.1, 0.15) is 17.5 Å². The smallest absolute Gasteiger partial charge is 0.134 e. The molecule has 0 saturated carbocycles. The van der Waals surface area contributed by atoms with Gasteiger partial charge in [0.15, 0.2) is 0 Å². The molecule has 1 aromatic carbocycles. The van der Waals surface area contributed by atoms with Crippen LogP contribution >= 0.6 is 11.6 Å². The lowest BCUT2D eigenvalue weighted by molar-refractivity contribution is 0.270. The van der Waals surface area contributed by atoms with Gasteiger partial charge in [-0.2, -0.15) is 0 Å². The molecule has 0 radical (unpaired) electrons. The van der Waals surface area contributed by atoms with Gasteiger partial charge in [-0.05, 0) is 37.6 Å². The van der Waals surface area contributed by atoms with Gasteiger partial charge in [0.25, 0.3) is 0 Å². The SMILES string of the molecule is CCN1CCN(c2cc(NCCc3ccc(Cl)cc3)nc(C)n2)CC1. The van der Waals surface area contributed by atoms with Crippen molar-refractivity contribution in [1.82, 2.24) is 14.9 Å². The van der Waals surface area contributed by atoms with Crippen LogP contribution < -0.4 is 10.2 Å². The van der Waals surface area contributed by atoms with Gasteiger partial charge in [-0.25, -0.2) is 9.97 Å². The van der Waals surface area contributed by atoms with E-state index >= 15 is 0 Å². The van der Waals surface area contributed by atoms with E-state index in [4.69, 9.17) is 11.6 Å². The Bertz CT molecular complexity index is 681. The molecule has 2 heterocycles. The summed E-state index contributed by atoms with van der Waals surface area (Å²) >= 11 is 5.93. The highest BCUT2D eigenvalue weighted by molar-refractivity contribution is 6.30. The zero-order valence-corrected chi connectivity index (χ0v) is 15.8. The molecule has 1 fully saturated rings. The van der Waals surface area contributed by atoms with Gasteiger partial charge in [0.05, 0.1) is 0 Å². The third-order valence-corrected chi connectivity index (χ3v) is 4.85. The largest absolute Gasteiger partial charge is 0.370 e. The second-order valence-electron chi connectivity index (χ2n) is 6.38. The summed E-state index contributed by atoms with van der Waals surface area (Å²) in [5.41, 5.74) is 1.26. The molecule has 1 aromatic heterocycles. The average Bonchev–Trinajstić information content (AvgIpc) is 2.63. The summed E-state index contributed by atoms with van der Waals surface area (Å²) in [6.45, 7) is 10.4.